The zero-order valence-corrected chi connectivity index (χ0v) is 9.56. The summed E-state index contributed by atoms with van der Waals surface area (Å²) >= 11 is 0. The molecule has 0 aromatic heterocycles. The number of rotatable bonds is 4. The number of anilines is 1. The molecule has 0 spiro atoms. The molecule has 2 rings (SSSR count). The van der Waals surface area contributed by atoms with Gasteiger partial charge in [-0.3, -0.25) is 0 Å². The van der Waals surface area contributed by atoms with Gasteiger partial charge in [-0.05, 0) is 31.1 Å². The zero-order chi connectivity index (χ0) is 12.4. The highest BCUT2D eigenvalue weighted by Gasteiger charge is 2.27. The van der Waals surface area contributed by atoms with E-state index in [9.17, 15) is 9.18 Å². The van der Waals surface area contributed by atoms with E-state index in [2.05, 4.69) is 0 Å². The number of benzene rings is 1. The second kappa shape index (κ2) is 4.57. The van der Waals surface area contributed by atoms with Crippen molar-refractivity contribution in [1.82, 2.24) is 0 Å². The monoisotopic (exact) mass is 235 g/mol. The summed E-state index contributed by atoms with van der Waals surface area (Å²) in [5.41, 5.74) is 1.08. The summed E-state index contributed by atoms with van der Waals surface area (Å²) in [6.07, 6.45) is 4.48. The maximum absolute atomic E-state index is 13.7. The van der Waals surface area contributed by atoms with Crippen molar-refractivity contribution < 1.29 is 14.3 Å². The summed E-state index contributed by atoms with van der Waals surface area (Å²) in [5, 5.41) is 8.59. The molecule has 4 heteroatoms. The Labute approximate surface area is 99.2 Å². The average Bonchev–Trinajstić information content (AvgIpc) is 3.09. The van der Waals surface area contributed by atoms with E-state index in [0.717, 1.165) is 24.6 Å². The van der Waals surface area contributed by atoms with E-state index >= 15 is 0 Å². The molecule has 1 N–H and O–H groups in total. The molecule has 1 saturated carbocycles. The Morgan fingerprint density at radius 2 is 2.24 bits per heavy atom. The topological polar surface area (TPSA) is 40.5 Å². The number of carboxylic acids is 1. The Balaban J connectivity index is 2.36. The van der Waals surface area contributed by atoms with Crippen molar-refractivity contribution in [3.8, 4) is 0 Å². The number of carbonyl (C=O) groups is 1. The molecule has 0 bridgehead atoms. The molecule has 0 heterocycles. The Hall–Kier alpha value is -1.84. The Morgan fingerprint density at radius 1 is 1.53 bits per heavy atom. The second-order valence-corrected chi connectivity index (χ2v) is 4.19. The van der Waals surface area contributed by atoms with E-state index in [0.29, 0.717) is 11.6 Å². The number of nitrogens with zero attached hydrogens (tertiary/aromatic N) is 1. The van der Waals surface area contributed by atoms with Crippen LogP contribution in [0, 0.1) is 5.82 Å². The van der Waals surface area contributed by atoms with Gasteiger partial charge in [0.2, 0.25) is 0 Å². The molecule has 0 atom stereocenters. The van der Waals surface area contributed by atoms with Crippen LogP contribution in [-0.4, -0.2) is 24.2 Å². The normalized spacial score (nSPS) is 15.2. The number of hydrogen-bond donors (Lipinski definition) is 1. The fourth-order valence-corrected chi connectivity index (χ4v) is 1.81. The van der Waals surface area contributed by atoms with Crippen LogP contribution in [0.5, 0.6) is 0 Å². The van der Waals surface area contributed by atoms with Crippen LogP contribution in [0.15, 0.2) is 24.3 Å². The Bertz CT molecular complexity index is 466. The van der Waals surface area contributed by atoms with Gasteiger partial charge in [-0.2, -0.15) is 0 Å². The molecular formula is C13H14FNO2. The van der Waals surface area contributed by atoms with Crippen molar-refractivity contribution in [1.29, 1.82) is 0 Å². The van der Waals surface area contributed by atoms with Gasteiger partial charge >= 0.3 is 5.97 Å². The first-order valence-electron chi connectivity index (χ1n) is 5.52. The van der Waals surface area contributed by atoms with Gasteiger partial charge in [-0.1, -0.05) is 6.07 Å². The quantitative estimate of drug-likeness (QED) is 0.815. The van der Waals surface area contributed by atoms with Gasteiger partial charge in [0.1, 0.15) is 5.82 Å². The van der Waals surface area contributed by atoms with Crippen LogP contribution < -0.4 is 4.90 Å². The van der Waals surface area contributed by atoms with Crippen LogP contribution in [0.3, 0.4) is 0 Å². The molecule has 1 aliphatic rings. The summed E-state index contributed by atoms with van der Waals surface area (Å²) < 4.78 is 13.7. The smallest absolute Gasteiger partial charge is 0.328 e. The Kier molecular flexibility index (Phi) is 3.13. The average molecular weight is 235 g/mol. The maximum Gasteiger partial charge on any atom is 0.328 e. The third-order valence-electron chi connectivity index (χ3n) is 2.90. The van der Waals surface area contributed by atoms with Crippen molar-refractivity contribution in [3.05, 3.63) is 35.7 Å². The summed E-state index contributed by atoms with van der Waals surface area (Å²) in [7, 11) is 1.91. The second-order valence-electron chi connectivity index (χ2n) is 4.19. The largest absolute Gasteiger partial charge is 0.478 e. The summed E-state index contributed by atoms with van der Waals surface area (Å²) in [5.74, 6) is -1.47. The lowest BCUT2D eigenvalue weighted by Crippen LogP contribution is -2.20. The molecule has 0 saturated heterocycles. The van der Waals surface area contributed by atoms with Gasteiger partial charge in [0.05, 0.1) is 0 Å². The molecule has 0 amide bonds. The number of aliphatic carboxylic acids is 1. The Morgan fingerprint density at radius 3 is 2.82 bits per heavy atom. The molecule has 3 nitrogen and oxygen atoms in total. The van der Waals surface area contributed by atoms with E-state index in [1.807, 2.05) is 18.0 Å². The molecule has 1 aromatic carbocycles. The first kappa shape index (κ1) is 11.6. The highest BCUT2D eigenvalue weighted by molar-refractivity contribution is 5.87. The van der Waals surface area contributed by atoms with E-state index in [-0.39, 0.29) is 0 Å². The fourth-order valence-electron chi connectivity index (χ4n) is 1.81. The molecular weight excluding hydrogens is 221 g/mol. The van der Waals surface area contributed by atoms with Gasteiger partial charge in [0.25, 0.3) is 0 Å². The standard InChI is InChI=1S/C13H14FNO2/c1-15(9-5-6-9)12-4-2-3-11(14)10(12)7-8-13(16)17/h2-4,7-9H,5-6H2,1H3,(H,16,17)/b8-7+. The summed E-state index contributed by atoms with van der Waals surface area (Å²) in [4.78, 5) is 12.5. The van der Waals surface area contributed by atoms with Gasteiger partial charge in [0.15, 0.2) is 0 Å². The van der Waals surface area contributed by atoms with Crippen molar-refractivity contribution in [2.45, 2.75) is 18.9 Å². The van der Waals surface area contributed by atoms with Crippen molar-refractivity contribution in [2.24, 2.45) is 0 Å². The predicted octanol–water partition coefficient (Wildman–Crippen LogP) is 2.52. The van der Waals surface area contributed by atoms with Crippen LogP contribution >= 0.6 is 0 Å². The lowest BCUT2D eigenvalue weighted by molar-refractivity contribution is -0.131. The molecule has 17 heavy (non-hydrogen) atoms. The highest BCUT2D eigenvalue weighted by Crippen LogP contribution is 2.33. The number of carboxylic acid groups (broad SMARTS) is 1. The summed E-state index contributed by atoms with van der Waals surface area (Å²) in [6, 6.07) is 5.24. The minimum Gasteiger partial charge on any atom is -0.478 e. The molecule has 0 unspecified atom stereocenters. The predicted molar refractivity (Wildman–Crippen MR) is 64.5 cm³/mol. The highest BCUT2D eigenvalue weighted by atomic mass is 19.1. The van der Waals surface area contributed by atoms with Crippen LogP contribution in [0.25, 0.3) is 6.08 Å². The molecule has 1 fully saturated rings. The minimum absolute atomic E-state index is 0.337. The first-order valence-corrected chi connectivity index (χ1v) is 5.52. The van der Waals surface area contributed by atoms with Crippen LogP contribution in [0.2, 0.25) is 0 Å². The van der Waals surface area contributed by atoms with Crippen molar-refractivity contribution >= 4 is 17.7 Å². The fraction of sp³-hybridized carbons (Fsp3) is 0.308. The van der Waals surface area contributed by atoms with Gasteiger partial charge in [0, 0.05) is 30.4 Å². The first-order chi connectivity index (χ1) is 8.09. The van der Waals surface area contributed by atoms with E-state index in [1.165, 1.54) is 12.1 Å². The van der Waals surface area contributed by atoms with Gasteiger partial charge < -0.3 is 10.0 Å². The maximum atomic E-state index is 13.7. The number of halogens is 1. The molecule has 1 aliphatic carbocycles. The molecule has 0 radical (unpaired) electrons. The third-order valence-corrected chi connectivity index (χ3v) is 2.90. The lowest BCUT2D eigenvalue weighted by Gasteiger charge is -2.21. The van der Waals surface area contributed by atoms with E-state index in [4.69, 9.17) is 5.11 Å². The van der Waals surface area contributed by atoms with E-state index < -0.39 is 11.8 Å². The van der Waals surface area contributed by atoms with Crippen LogP contribution in [0.1, 0.15) is 18.4 Å². The molecule has 90 valence electrons. The SMILES string of the molecule is CN(c1cccc(F)c1/C=C/C(=O)O)C1CC1. The lowest BCUT2D eigenvalue weighted by atomic mass is 10.1. The van der Waals surface area contributed by atoms with Gasteiger partial charge in [-0.25, -0.2) is 9.18 Å². The van der Waals surface area contributed by atoms with Crippen LogP contribution in [-0.2, 0) is 4.79 Å². The zero-order valence-electron chi connectivity index (χ0n) is 9.56. The molecule has 0 aliphatic heterocycles. The summed E-state index contributed by atoms with van der Waals surface area (Å²) in [6.45, 7) is 0. The third kappa shape index (κ3) is 2.64. The van der Waals surface area contributed by atoms with Crippen LogP contribution in [0.4, 0.5) is 10.1 Å². The van der Waals surface area contributed by atoms with E-state index in [1.54, 1.807) is 6.07 Å². The van der Waals surface area contributed by atoms with Crippen molar-refractivity contribution in [2.75, 3.05) is 11.9 Å². The van der Waals surface area contributed by atoms with Crippen molar-refractivity contribution in [3.63, 3.8) is 0 Å². The van der Waals surface area contributed by atoms with Gasteiger partial charge in [-0.15, -0.1) is 0 Å². The molecule has 1 aromatic rings. The minimum atomic E-state index is -1.08. The number of hydrogen-bond acceptors (Lipinski definition) is 2.